The van der Waals surface area contributed by atoms with Crippen LogP contribution in [0.15, 0.2) is 0 Å². The van der Waals surface area contributed by atoms with Crippen molar-refractivity contribution >= 4 is 5.97 Å². The van der Waals surface area contributed by atoms with E-state index in [2.05, 4.69) is 5.32 Å². The first-order valence-corrected chi connectivity index (χ1v) is 7.18. The zero-order valence-corrected chi connectivity index (χ0v) is 11.9. The predicted octanol–water partition coefficient (Wildman–Crippen LogP) is 1.11. The van der Waals surface area contributed by atoms with Gasteiger partial charge < -0.3 is 19.5 Å². The Kier molecular flexibility index (Phi) is 5.60. The molecule has 1 aliphatic heterocycles. The first-order chi connectivity index (χ1) is 9.22. The quantitative estimate of drug-likeness (QED) is 0.759. The SMILES string of the molecule is COC[C@@H]1C[C@@H](O[C@H]2CC[C@H](C(=O)OC)CC2)CN1. The van der Waals surface area contributed by atoms with Crippen molar-refractivity contribution in [2.45, 2.75) is 50.4 Å². The molecule has 0 aromatic carbocycles. The van der Waals surface area contributed by atoms with E-state index in [1.807, 2.05) is 0 Å². The van der Waals surface area contributed by atoms with E-state index in [9.17, 15) is 4.79 Å². The van der Waals surface area contributed by atoms with Crippen LogP contribution in [-0.2, 0) is 19.0 Å². The monoisotopic (exact) mass is 271 g/mol. The van der Waals surface area contributed by atoms with Crippen LogP contribution < -0.4 is 5.32 Å². The number of carbonyl (C=O) groups excluding carboxylic acids is 1. The fourth-order valence-corrected chi connectivity index (χ4v) is 3.09. The van der Waals surface area contributed by atoms with Crippen molar-refractivity contribution in [1.29, 1.82) is 0 Å². The second-order valence-corrected chi connectivity index (χ2v) is 5.55. The minimum absolute atomic E-state index is 0.0684. The average molecular weight is 271 g/mol. The lowest BCUT2D eigenvalue weighted by Gasteiger charge is -2.29. The maximum absolute atomic E-state index is 11.4. The molecule has 0 aromatic rings. The summed E-state index contributed by atoms with van der Waals surface area (Å²) in [7, 11) is 3.19. The van der Waals surface area contributed by atoms with Gasteiger partial charge >= 0.3 is 5.97 Å². The molecule has 19 heavy (non-hydrogen) atoms. The Morgan fingerprint density at radius 1 is 1.16 bits per heavy atom. The van der Waals surface area contributed by atoms with Gasteiger partial charge in [-0.2, -0.15) is 0 Å². The summed E-state index contributed by atoms with van der Waals surface area (Å²) in [6, 6.07) is 0.418. The summed E-state index contributed by atoms with van der Waals surface area (Å²) in [6.07, 6.45) is 5.31. The van der Waals surface area contributed by atoms with Crippen molar-refractivity contribution in [1.82, 2.24) is 5.32 Å². The first-order valence-electron chi connectivity index (χ1n) is 7.18. The number of ether oxygens (including phenoxy) is 3. The van der Waals surface area contributed by atoms with Crippen molar-refractivity contribution < 1.29 is 19.0 Å². The summed E-state index contributed by atoms with van der Waals surface area (Å²) in [4.78, 5) is 11.4. The molecule has 1 heterocycles. The molecule has 0 bridgehead atoms. The van der Waals surface area contributed by atoms with E-state index in [0.29, 0.717) is 18.2 Å². The van der Waals surface area contributed by atoms with Gasteiger partial charge in [0.1, 0.15) is 0 Å². The average Bonchev–Trinajstić information content (AvgIpc) is 2.86. The maximum atomic E-state index is 11.4. The molecule has 1 saturated carbocycles. The van der Waals surface area contributed by atoms with Crippen molar-refractivity contribution in [3.8, 4) is 0 Å². The van der Waals surface area contributed by atoms with Crippen molar-refractivity contribution in [2.75, 3.05) is 27.4 Å². The fourth-order valence-electron chi connectivity index (χ4n) is 3.09. The van der Waals surface area contributed by atoms with E-state index in [1.54, 1.807) is 7.11 Å². The van der Waals surface area contributed by atoms with Crippen molar-refractivity contribution in [2.24, 2.45) is 5.92 Å². The molecule has 2 aliphatic rings. The Morgan fingerprint density at radius 3 is 2.53 bits per heavy atom. The lowest BCUT2D eigenvalue weighted by Crippen LogP contribution is -2.30. The molecule has 0 amide bonds. The van der Waals surface area contributed by atoms with Crippen molar-refractivity contribution in [3.63, 3.8) is 0 Å². The molecule has 0 aromatic heterocycles. The van der Waals surface area contributed by atoms with Crippen LogP contribution in [0, 0.1) is 5.92 Å². The van der Waals surface area contributed by atoms with Gasteiger partial charge in [0.2, 0.25) is 0 Å². The van der Waals surface area contributed by atoms with Gasteiger partial charge in [0.15, 0.2) is 0 Å². The van der Waals surface area contributed by atoms with Gasteiger partial charge in [-0.3, -0.25) is 4.79 Å². The van der Waals surface area contributed by atoms with Crippen LogP contribution in [-0.4, -0.2) is 51.6 Å². The zero-order valence-electron chi connectivity index (χ0n) is 11.9. The molecule has 0 spiro atoms. The van der Waals surface area contributed by atoms with Gasteiger partial charge in [-0.15, -0.1) is 0 Å². The summed E-state index contributed by atoms with van der Waals surface area (Å²) in [6.45, 7) is 1.65. The molecular formula is C14H25NO4. The number of nitrogens with one attached hydrogen (secondary N) is 1. The van der Waals surface area contributed by atoms with Gasteiger partial charge in [0.05, 0.1) is 31.8 Å². The normalized spacial score (nSPS) is 35.3. The summed E-state index contributed by atoms with van der Waals surface area (Å²) >= 11 is 0. The van der Waals surface area contributed by atoms with Gasteiger partial charge in [0, 0.05) is 19.7 Å². The van der Waals surface area contributed by atoms with Gasteiger partial charge in [0.25, 0.3) is 0 Å². The number of methoxy groups -OCH3 is 2. The summed E-state index contributed by atoms with van der Waals surface area (Å²) in [5.41, 5.74) is 0. The molecule has 2 fully saturated rings. The van der Waals surface area contributed by atoms with E-state index in [-0.39, 0.29) is 11.9 Å². The lowest BCUT2D eigenvalue weighted by molar-refractivity contribution is -0.147. The van der Waals surface area contributed by atoms with Crippen LogP contribution in [0.25, 0.3) is 0 Å². The molecule has 110 valence electrons. The Labute approximate surface area is 115 Å². The molecule has 0 unspecified atom stereocenters. The maximum Gasteiger partial charge on any atom is 0.308 e. The number of rotatable bonds is 5. The summed E-state index contributed by atoms with van der Waals surface area (Å²) in [5.74, 6) is 0.00827. The second-order valence-electron chi connectivity index (χ2n) is 5.55. The number of carbonyl (C=O) groups is 1. The third-order valence-electron chi connectivity index (χ3n) is 4.14. The summed E-state index contributed by atoms with van der Waals surface area (Å²) < 4.78 is 16.1. The zero-order chi connectivity index (χ0) is 13.7. The Hall–Kier alpha value is -0.650. The molecule has 2 rings (SSSR count). The highest BCUT2D eigenvalue weighted by molar-refractivity contribution is 5.72. The van der Waals surface area contributed by atoms with Crippen molar-refractivity contribution in [3.05, 3.63) is 0 Å². The Bertz CT molecular complexity index is 289. The molecular weight excluding hydrogens is 246 g/mol. The third-order valence-corrected chi connectivity index (χ3v) is 4.14. The van der Waals surface area contributed by atoms with Crippen LogP contribution in [0.2, 0.25) is 0 Å². The largest absolute Gasteiger partial charge is 0.469 e. The van der Waals surface area contributed by atoms with Crippen LogP contribution in [0.4, 0.5) is 0 Å². The van der Waals surface area contributed by atoms with Crippen LogP contribution >= 0.6 is 0 Å². The van der Waals surface area contributed by atoms with E-state index >= 15 is 0 Å². The highest BCUT2D eigenvalue weighted by Crippen LogP contribution is 2.28. The molecule has 5 heteroatoms. The van der Waals surface area contributed by atoms with Crippen LogP contribution in [0.5, 0.6) is 0 Å². The molecule has 1 aliphatic carbocycles. The molecule has 0 radical (unpaired) electrons. The van der Waals surface area contributed by atoms with Gasteiger partial charge in [-0.1, -0.05) is 0 Å². The molecule has 5 nitrogen and oxygen atoms in total. The number of hydrogen-bond donors (Lipinski definition) is 1. The van der Waals surface area contributed by atoms with Crippen LogP contribution in [0.1, 0.15) is 32.1 Å². The van der Waals surface area contributed by atoms with Gasteiger partial charge in [-0.05, 0) is 32.1 Å². The van der Waals surface area contributed by atoms with E-state index in [0.717, 1.165) is 45.3 Å². The number of esters is 1. The first kappa shape index (κ1) is 14.8. The fraction of sp³-hybridized carbons (Fsp3) is 0.929. The predicted molar refractivity (Wildman–Crippen MR) is 70.9 cm³/mol. The van der Waals surface area contributed by atoms with E-state index in [1.165, 1.54) is 7.11 Å². The lowest BCUT2D eigenvalue weighted by atomic mass is 9.87. The highest BCUT2D eigenvalue weighted by atomic mass is 16.5. The van der Waals surface area contributed by atoms with E-state index in [4.69, 9.17) is 14.2 Å². The smallest absolute Gasteiger partial charge is 0.308 e. The minimum atomic E-state index is -0.0684. The van der Waals surface area contributed by atoms with Gasteiger partial charge in [-0.25, -0.2) is 0 Å². The third kappa shape index (κ3) is 4.16. The number of hydrogen-bond acceptors (Lipinski definition) is 5. The molecule has 2 atom stereocenters. The van der Waals surface area contributed by atoms with Crippen LogP contribution in [0.3, 0.4) is 0 Å². The molecule has 1 saturated heterocycles. The van der Waals surface area contributed by atoms with E-state index < -0.39 is 0 Å². The molecule has 1 N–H and O–H groups in total. The summed E-state index contributed by atoms with van der Waals surface area (Å²) in [5, 5.41) is 3.41. The Balaban J connectivity index is 1.67. The topological polar surface area (TPSA) is 56.8 Å². The second kappa shape index (κ2) is 7.22. The Morgan fingerprint density at radius 2 is 1.89 bits per heavy atom. The highest BCUT2D eigenvalue weighted by Gasteiger charge is 2.31. The minimum Gasteiger partial charge on any atom is -0.469 e. The standard InChI is InChI=1S/C14H25NO4/c1-17-9-11-7-13(8-15-11)19-12-5-3-10(4-6-12)14(16)18-2/h10-13,15H,3-9H2,1-2H3/t10-,11-,12-,13+/m0/s1.